The highest BCUT2D eigenvalue weighted by atomic mass is 32.1. The maximum absolute atomic E-state index is 11.8. The van der Waals surface area contributed by atoms with E-state index in [0.717, 1.165) is 0 Å². The van der Waals surface area contributed by atoms with Crippen molar-refractivity contribution in [2.75, 3.05) is 37.8 Å². The van der Waals surface area contributed by atoms with E-state index in [1.54, 1.807) is 6.92 Å². The van der Waals surface area contributed by atoms with Gasteiger partial charge in [0.1, 0.15) is 4.88 Å². The largest absolute Gasteiger partial charge is 0.461 e. The molecule has 1 aliphatic rings. The molecule has 2 heterocycles. The Morgan fingerprint density at radius 1 is 1.42 bits per heavy atom. The monoisotopic (exact) mass is 284 g/mol. The van der Waals surface area contributed by atoms with Crippen LogP contribution in [0.1, 0.15) is 34.0 Å². The second-order valence-electron chi connectivity index (χ2n) is 4.05. The van der Waals surface area contributed by atoms with E-state index in [1.165, 1.54) is 18.3 Å². The summed E-state index contributed by atoms with van der Waals surface area (Å²) >= 11 is 1.24. The first-order chi connectivity index (χ1) is 9.13. The van der Waals surface area contributed by atoms with E-state index in [2.05, 4.69) is 4.98 Å². The number of ether oxygens (including phenoxy) is 2. The van der Waals surface area contributed by atoms with Crippen LogP contribution in [0.25, 0.3) is 0 Å². The predicted molar refractivity (Wildman–Crippen MR) is 71.1 cm³/mol. The second kappa shape index (κ2) is 6.12. The third kappa shape index (κ3) is 3.10. The quantitative estimate of drug-likeness (QED) is 0.614. The summed E-state index contributed by atoms with van der Waals surface area (Å²) < 4.78 is 10.2. The van der Waals surface area contributed by atoms with Crippen molar-refractivity contribution in [1.82, 2.24) is 4.98 Å². The number of Topliss-reactive ketones (excluding diaryl/α,β-unsaturated/α-hetero) is 1. The number of aromatic nitrogens is 1. The highest BCUT2D eigenvalue weighted by Gasteiger charge is 2.25. The van der Waals surface area contributed by atoms with Crippen LogP contribution in [-0.4, -0.2) is 49.6 Å². The molecule has 0 bridgehead atoms. The lowest BCUT2D eigenvalue weighted by molar-refractivity contribution is 0.0517. The maximum atomic E-state index is 11.8. The molecule has 0 aromatic carbocycles. The number of carbonyl (C=O) groups is 2. The molecule has 1 aromatic heterocycles. The van der Waals surface area contributed by atoms with Crippen LogP contribution in [0.5, 0.6) is 0 Å². The van der Waals surface area contributed by atoms with Crippen molar-refractivity contribution in [3.8, 4) is 0 Å². The van der Waals surface area contributed by atoms with Crippen molar-refractivity contribution >= 4 is 28.2 Å². The topological polar surface area (TPSA) is 68.7 Å². The first-order valence-corrected chi connectivity index (χ1v) is 6.96. The van der Waals surface area contributed by atoms with Gasteiger partial charge in [-0.15, -0.1) is 0 Å². The molecule has 104 valence electrons. The fraction of sp³-hybridized carbons (Fsp3) is 0.583. The number of rotatable bonds is 4. The lowest BCUT2D eigenvalue weighted by Crippen LogP contribution is -2.36. The molecule has 0 amide bonds. The zero-order chi connectivity index (χ0) is 13.8. The lowest BCUT2D eigenvalue weighted by atomic mass is 10.3. The fourth-order valence-corrected chi connectivity index (χ4v) is 2.78. The lowest BCUT2D eigenvalue weighted by Gasteiger charge is -2.25. The molecule has 0 spiro atoms. The molecule has 0 radical (unpaired) electrons. The van der Waals surface area contributed by atoms with Gasteiger partial charge < -0.3 is 14.4 Å². The molecule has 1 aromatic rings. The van der Waals surface area contributed by atoms with Gasteiger partial charge in [-0.1, -0.05) is 11.3 Å². The highest BCUT2D eigenvalue weighted by molar-refractivity contribution is 7.17. The molecule has 0 aliphatic carbocycles. The number of anilines is 1. The maximum Gasteiger partial charge on any atom is 0.358 e. The third-order valence-corrected chi connectivity index (χ3v) is 3.90. The summed E-state index contributed by atoms with van der Waals surface area (Å²) in [6.45, 7) is 6.11. The van der Waals surface area contributed by atoms with Crippen LogP contribution in [0.4, 0.5) is 5.13 Å². The van der Waals surface area contributed by atoms with Crippen molar-refractivity contribution in [3.63, 3.8) is 0 Å². The Morgan fingerprint density at radius 2 is 2.11 bits per heavy atom. The Balaban J connectivity index is 2.28. The van der Waals surface area contributed by atoms with Gasteiger partial charge in [0.05, 0.1) is 19.8 Å². The highest BCUT2D eigenvalue weighted by Crippen LogP contribution is 2.28. The minimum atomic E-state index is -0.538. The summed E-state index contributed by atoms with van der Waals surface area (Å²) in [5.74, 6) is -0.705. The SMILES string of the molecule is CCOC(=O)c1nc(N2CCOCC2)sc1C(C)=O. The molecule has 6 nitrogen and oxygen atoms in total. The molecule has 19 heavy (non-hydrogen) atoms. The van der Waals surface area contributed by atoms with Gasteiger partial charge in [-0.2, -0.15) is 0 Å². The average molecular weight is 284 g/mol. The summed E-state index contributed by atoms with van der Waals surface area (Å²) in [6, 6.07) is 0. The summed E-state index contributed by atoms with van der Waals surface area (Å²) in [5.41, 5.74) is 0.126. The van der Waals surface area contributed by atoms with Crippen molar-refractivity contribution < 1.29 is 19.1 Å². The van der Waals surface area contributed by atoms with Crippen LogP contribution in [0.2, 0.25) is 0 Å². The third-order valence-electron chi connectivity index (χ3n) is 2.69. The van der Waals surface area contributed by atoms with Crippen LogP contribution in [-0.2, 0) is 9.47 Å². The smallest absolute Gasteiger partial charge is 0.358 e. The van der Waals surface area contributed by atoms with Gasteiger partial charge in [0.15, 0.2) is 16.6 Å². The van der Waals surface area contributed by atoms with Crippen molar-refractivity contribution in [2.45, 2.75) is 13.8 Å². The Labute approximate surface area is 115 Å². The number of carbonyl (C=O) groups excluding carboxylic acids is 2. The molecule has 1 aliphatic heterocycles. The molecule has 1 fully saturated rings. The standard InChI is InChI=1S/C12H16N2O4S/c1-3-18-11(16)9-10(8(2)15)19-12(13-9)14-4-6-17-7-5-14/h3-7H2,1-2H3. The first-order valence-electron chi connectivity index (χ1n) is 6.15. The van der Waals surface area contributed by atoms with Crippen LogP contribution in [0, 0.1) is 0 Å². The Morgan fingerprint density at radius 3 is 2.68 bits per heavy atom. The van der Waals surface area contributed by atoms with Gasteiger partial charge in [0.25, 0.3) is 0 Å². The van der Waals surface area contributed by atoms with Gasteiger partial charge in [0, 0.05) is 20.0 Å². The van der Waals surface area contributed by atoms with E-state index in [0.29, 0.717) is 36.3 Å². The predicted octanol–water partition coefficient (Wildman–Crippen LogP) is 1.36. The first kappa shape index (κ1) is 14.0. The van der Waals surface area contributed by atoms with E-state index >= 15 is 0 Å². The Bertz CT molecular complexity index is 480. The van der Waals surface area contributed by atoms with Crippen LogP contribution >= 0.6 is 11.3 Å². The number of hydrogen-bond acceptors (Lipinski definition) is 7. The van der Waals surface area contributed by atoms with Crippen molar-refractivity contribution in [3.05, 3.63) is 10.6 Å². The molecule has 0 N–H and O–H groups in total. The molecule has 0 saturated carbocycles. The van der Waals surface area contributed by atoms with Crippen LogP contribution in [0.3, 0.4) is 0 Å². The number of ketones is 1. The summed E-state index contributed by atoms with van der Waals surface area (Å²) in [6.07, 6.45) is 0. The van der Waals surface area contributed by atoms with Gasteiger partial charge in [-0.3, -0.25) is 4.79 Å². The summed E-state index contributed by atoms with van der Waals surface area (Å²) in [4.78, 5) is 30.0. The van der Waals surface area contributed by atoms with Crippen LogP contribution in [0.15, 0.2) is 0 Å². The van der Waals surface area contributed by atoms with Gasteiger partial charge in [-0.25, -0.2) is 9.78 Å². The summed E-state index contributed by atoms with van der Waals surface area (Å²) in [5, 5.41) is 0.677. The van der Waals surface area contributed by atoms with E-state index < -0.39 is 5.97 Å². The van der Waals surface area contributed by atoms with Gasteiger partial charge >= 0.3 is 5.97 Å². The van der Waals surface area contributed by atoms with E-state index in [9.17, 15) is 9.59 Å². The molecule has 2 rings (SSSR count). The molecule has 7 heteroatoms. The minimum absolute atomic E-state index is 0.126. The number of esters is 1. The molecule has 0 atom stereocenters. The number of thiazole rings is 1. The molecular weight excluding hydrogens is 268 g/mol. The van der Waals surface area contributed by atoms with Crippen molar-refractivity contribution in [2.24, 2.45) is 0 Å². The van der Waals surface area contributed by atoms with E-state index in [-0.39, 0.29) is 18.1 Å². The normalized spacial score (nSPS) is 15.4. The van der Waals surface area contributed by atoms with Gasteiger partial charge in [0.2, 0.25) is 0 Å². The molecular formula is C12H16N2O4S. The number of nitrogens with zero attached hydrogens (tertiary/aromatic N) is 2. The minimum Gasteiger partial charge on any atom is -0.461 e. The molecule has 1 saturated heterocycles. The van der Waals surface area contributed by atoms with E-state index in [4.69, 9.17) is 9.47 Å². The molecule has 0 unspecified atom stereocenters. The second-order valence-corrected chi connectivity index (χ2v) is 5.03. The fourth-order valence-electron chi connectivity index (χ4n) is 1.78. The van der Waals surface area contributed by atoms with Crippen LogP contribution < -0.4 is 4.90 Å². The van der Waals surface area contributed by atoms with Crippen molar-refractivity contribution in [1.29, 1.82) is 0 Å². The number of morpholine rings is 1. The zero-order valence-corrected chi connectivity index (χ0v) is 11.8. The Hall–Kier alpha value is -1.47. The zero-order valence-electron chi connectivity index (χ0n) is 11.0. The van der Waals surface area contributed by atoms with E-state index in [1.807, 2.05) is 4.90 Å². The van der Waals surface area contributed by atoms with Gasteiger partial charge in [-0.05, 0) is 6.92 Å². The Kier molecular flexibility index (Phi) is 4.49. The summed E-state index contributed by atoms with van der Waals surface area (Å²) in [7, 11) is 0. The average Bonchev–Trinajstić information content (AvgIpc) is 2.85. The number of hydrogen-bond donors (Lipinski definition) is 0.